The van der Waals surface area contributed by atoms with Crippen molar-refractivity contribution in [2.75, 3.05) is 7.11 Å². The van der Waals surface area contributed by atoms with Crippen LogP contribution in [-0.2, 0) is 4.74 Å². The molecule has 2 aromatic heterocycles. The van der Waals surface area contributed by atoms with E-state index in [1.54, 1.807) is 6.07 Å². The average Bonchev–Trinajstić information content (AvgIpc) is 3.26. The fourth-order valence-electron chi connectivity index (χ4n) is 3.19. The van der Waals surface area contributed by atoms with E-state index >= 15 is 0 Å². The molecule has 0 radical (unpaired) electrons. The first-order valence-corrected chi connectivity index (χ1v) is 9.09. The number of aldehydes is 1. The van der Waals surface area contributed by atoms with E-state index in [0.29, 0.717) is 26.9 Å². The van der Waals surface area contributed by atoms with Gasteiger partial charge >= 0.3 is 5.97 Å². The van der Waals surface area contributed by atoms with E-state index in [-0.39, 0.29) is 11.4 Å². The van der Waals surface area contributed by atoms with E-state index in [0.717, 1.165) is 29.0 Å². The van der Waals surface area contributed by atoms with Gasteiger partial charge in [0.05, 0.1) is 18.5 Å². The second-order valence-corrected chi connectivity index (χ2v) is 7.03. The summed E-state index contributed by atoms with van der Waals surface area (Å²) >= 11 is 1.12. The highest BCUT2D eigenvalue weighted by Crippen LogP contribution is 2.41. The fourth-order valence-corrected chi connectivity index (χ4v) is 4.31. The zero-order valence-corrected chi connectivity index (χ0v) is 15.4. The molecule has 4 rings (SSSR count). The van der Waals surface area contributed by atoms with Crippen molar-refractivity contribution in [3.63, 3.8) is 0 Å². The first-order valence-electron chi connectivity index (χ1n) is 8.27. The molecule has 0 aliphatic heterocycles. The highest BCUT2D eigenvalue weighted by Gasteiger charge is 2.24. The molecule has 4 aromatic rings. The highest BCUT2D eigenvalue weighted by atomic mass is 32.1. The number of hydrogen-bond donors (Lipinski definition) is 0. The molecule has 0 amide bonds. The van der Waals surface area contributed by atoms with Crippen LogP contribution in [-0.4, -0.2) is 23.9 Å². The van der Waals surface area contributed by atoms with Crippen molar-refractivity contribution in [2.24, 2.45) is 0 Å². The maximum Gasteiger partial charge on any atom is 0.348 e. The summed E-state index contributed by atoms with van der Waals surface area (Å²) in [5, 5.41) is 0.656. The molecule has 4 nitrogen and oxygen atoms in total. The van der Waals surface area contributed by atoms with Crippen molar-refractivity contribution in [3.05, 3.63) is 76.8 Å². The predicted molar refractivity (Wildman–Crippen MR) is 103 cm³/mol. The van der Waals surface area contributed by atoms with Crippen molar-refractivity contribution >= 4 is 33.8 Å². The second-order valence-electron chi connectivity index (χ2n) is 6.00. The van der Waals surface area contributed by atoms with Crippen molar-refractivity contribution in [2.45, 2.75) is 0 Å². The monoisotopic (exact) mass is 397 g/mol. The van der Waals surface area contributed by atoms with E-state index < -0.39 is 17.6 Å². The minimum atomic E-state index is -1.03. The Kier molecular flexibility index (Phi) is 4.52. The number of methoxy groups -OCH3 is 1. The van der Waals surface area contributed by atoms with Gasteiger partial charge in [0.25, 0.3) is 0 Å². The molecule has 0 fully saturated rings. The Bertz CT molecular complexity index is 1210. The van der Waals surface area contributed by atoms with Gasteiger partial charge in [0, 0.05) is 17.0 Å². The number of halogens is 2. The number of carbonyl (C=O) groups is 2. The van der Waals surface area contributed by atoms with Crippen LogP contribution in [0.4, 0.5) is 8.78 Å². The van der Waals surface area contributed by atoms with Gasteiger partial charge in [-0.2, -0.15) is 0 Å². The number of benzene rings is 2. The number of thiophene rings is 1. The molecule has 0 aliphatic rings. The van der Waals surface area contributed by atoms with Crippen molar-refractivity contribution < 1.29 is 23.1 Å². The third kappa shape index (κ3) is 2.80. The van der Waals surface area contributed by atoms with Gasteiger partial charge in [0.2, 0.25) is 0 Å². The number of carbonyl (C=O) groups excluding carboxylic acids is 2. The molecule has 0 N–H and O–H groups in total. The van der Waals surface area contributed by atoms with Crippen LogP contribution < -0.4 is 0 Å². The Balaban J connectivity index is 2.10. The van der Waals surface area contributed by atoms with Crippen LogP contribution in [0.2, 0.25) is 0 Å². The van der Waals surface area contributed by atoms with E-state index in [1.807, 2.05) is 30.3 Å². The molecule has 28 heavy (non-hydrogen) atoms. The molecule has 2 aromatic carbocycles. The molecule has 0 bridgehead atoms. The van der Waals surface area contributed by atoms with Crippen LogP contribution in [0.3, 0.4) is 0 Å². The number of esters is 1. The van der Waals surface area contributed by atoms with Crippen LogP contribution in [0.5, 0.6) is 0 Å². The summed E-state index contributed by atoms with van der Waals surface area (Å²) in [5.74, 6) is -2.52. The number of aromatic nitrogens is 1. The van der Waals surface area contributed by atoms with Gasteiger partial charge in [-0.05, 0) is 23.8 Å². The molecule has 2 heterocycles. The molecule has 7 heteroatoms. The number of ether oxygens (including phenoxy) is 1. The van der Waals surface area contributed by atoms with Gasteiger partial charge in [-0.1, -0.05) is 30.3 Å². The Hall–Kier alpha value is -3.32. The SMILES string of the molecule is COC(=O)c1cc2c(-c3ccccc3)c(C=O)n(-c3ccc(F)c(F)c3)c2s1. The summed E-state index contributed by atoms with van der Waals surface area (Å²) in [5.41, 5.74) is 1.95. The number of hydrogen-bond acceptors (Lipinski definition) is 4. The summed E-state index contributed by atoms with van der Waals surface area (Å²) in [7, 11) is 1.28. The first-order chi connectivity index (χ1) is 13.5. The average molecular weight is 397 g/mol. The van der Waals surface area contributed by atoms with Crippen LogP contribution in [0, 0.1) is 11.6 Å². The normalized spacial score (nSPS) is 11.0. The largest absolute Gasteiger partial charge is 0.465 e. The van der Waals surface area contributed by atoms with Crippen LogP contribution >= 0.6 is 11.3 Å². The van der Waals surface area contributed by atoms with Crippen molar-refractivity contribution in [3.8, 4) is 16.8 Å². The molecule has 0 saturated carbocycles. The summed E-state index contributed by atoms with van der Waals surface area (Å²) in [6.07, 6.45) is 0.675. The third-order valence-corrected chi connectivity index (χ3v) is 5.50. The number of nitrogens with zero attached hydrogens (tertiary/aromatic N) is 1. The number of fused-ring (bicyclic) bond motifs is 1. The van der Waals surface area contributed by atoms with Gasteiger partial charge in [-0.3, -0.25) is 9.36 Å². The highest BCUT2D eigenvalue weighted by molar-refractivity contribution is 7.20. The molecular formula is C21H13F2NO3S. The van der Waals surface area contributed by atoms with Crippen molar-refractivity contribution in [1.82, 2.24) is 4.57 Å². The zero-order valence-electron chi connectivity index (χ0n) is 14.6. The molecule has 0 spiro atoms. The van der Waals surface area contributed by atoms with Gasteiger partial charge in [0.15, 0.2) is 17.9 Å². The Morgan fingerprint density at radius 3 is 2.46 bits per heavy atom. The molecule has 0 aliphatic carbocycles. The fraction of sp³-hybridized carbons (Fsp3) is 0.0476. The van der Waals surface area contributed by atoms with Crippen LogP contribution in [0.25, 0.3) is 27.0 Å². The Morgan fingerprint density at radius 1 is 1.07 bits per heavy atom. The molecule has 0 unspecified atom stereocenters. The van der Waals surface area contributed by atoms with Gasteiger partial charge in [-0.25, -0.2) is 13.6 Å². The number of rotatable bonds is 4. The van der Waals surface area contributed by atoms with E-state index in [9.17, 15) is 18.4 Å². The van der Waals surface area contributed by atoms with E-state index in [4.69, 9.17) is 4.74 Å². The Morgan fingerprint density at radius 2 is 1.82 bits per heavy atom. The standard InChI is InChI=1S/C21H13F2NO3S/c1-27-21(26)18-10-14-19(12-5-3-2-4-6-12)17(11-25)24(20(14)28-18)13-7-8-15(22)16(23)9-13/h2-11H,1H3. The molecular weight excluding hydrogens is 384 g/mol. The molecule has 140 valence electrons. The third-order valence-electron chi connectivity index (χ3n) is 4.40. The summed E-state index contributed by atoms with van der Waals surface area (Å²) in [4.78, 5) is 25.0. The van der Waals surface area contributed by atoms with E-state index in [1.165, 1.54) is 17.7 Å². The topological polar surface area (TPSA) is 48.3 Å². The quantitative estimate of drug-likeness (QED) is 0.350. The maximum atomic E-state index is 13.9. The minimum Gasteiger partial charge on any atom is -0.465 e. The second kappa shape index (κ2) is 7.01. The zero-order chi connectivity index (χ0) is 19.8. The lowest BCUT2D eigenvalue weighted by Gasteiger charge is -2.08. The summed E-state index contributed by atoms with van der Waals surface area (Å²) in [6.45, 7) is 0. The predicted octanol–water partition coefficient (Wildman–Crippen LogP) is 5.24. The van der Waals surface area contributed by atoms with Gasteiger partial charge < -0.3 is 4.74 Å². The van der Waals surface area contributed by atoms with Crippen LogP contribution in [0.15, 0.2) is 54.6 Å². The smallest absolute Gasteiger partial charge is 0.348 e. The summed E-state index contributed by atoms with van der Waals surface area (Å²) in [6, 6.07) is 14.3. The van der Waals surface area contributed by atoms with Crippen LogP contribution in [0.1, 0.15) is 20.2 Å². The summed E-state index contributed by atoms with van der Waals surface area (Å²) < 4.78 is 33.6. The lowest BCUT2D eigenvalue weighted by Crippen LogP contribution is -2.01. The van der Waals surface area contributed by atoms with E-state index in [2.05, 4.69) is 0 Å². The minimum absolute atomic E-state index is 0.284. The molecule has 0 saturated heterocycles. The lowest BCUT2D eigenvalue weighted by atomic mass is 10.0. The Labute approximate surface area is 162 Å². The van der Waals surface area contributed by atoms with Crippen molar-refractivity contribution in [1.29, 1.82) is 0 Å². The van der Waals surface area contributed by atoms with Gasteiger partial charge in [0.1, 0.15) is 9.71 Å². The van der Waals surface area contributed by atoms with Gasteiger partial charge in [-0.15, -0.1) is 11.3 Å². The first kappa shape index (κ1) is 18.1. The maximum absolute atomic E-state index is 13.9. The lowest BCUT2D eigenvalue weighted by molar-refractivity contribution is 0.0606. The molecule has 0 atom stereocenters.